The van der Waals surface area contributed by atoms with Crippen molar-refractivity contribution in [1.29, 1.82) is 0 Å². The molecule has 0 bridgehead atoms. The van der Waals surface area contributed by atoms with Gasteiger partial charge in [0.25, 0.3) is 0 Å². The quantitative estimate of drug-likeness (QED) is 0.645. The SMILES string of the molecule is COC1O[C@H](COC(=O)c2cc(C)cc(C)c2)[C@@H](OC(=O)c2cc(C)cc(C)c2)[C@@H]1F. The number of carbonyl (C=O) groups is 2. The van der Waals surface area contributed by atoms with Gasteiger partial charge < -0.3 is 18.9 Å². The molecule has 1 aliphatic rings. The molecule has 7 heteroatoms. The number of halogens is 1. The monoisotopic (exact) mass is 430 g/mol. The van der Waals surface area contributed by atoms with E-state index in [1.807, 2.05) is 39.8 Å². The van der Waals surface area contributed by atoms with Crippen LogP contribution in [0.15, 0.2) is 36.4 Å². The highest BCUT2D eigenvalue weighted by atomic mass is 19.1. The van der Waals surface area contributed by atoms with Crippen molar-refractivity contribution >= 4 is 11.9 Å². The highest BCUT2D eigenvalue weighted by molar-refractivity contribution is 5.90. The van der Waals surface area contributed by atoms with Crippen molar-refractivity contribution in [3.05, 3.63) is 69.8 Å². The number of ether oxygens (including phenoxy) is 4. The van der Waals surface area contributed by atoms with Crippen molar-refractivity contribution in [2.24, 2.45) is 0 Å². The van der Waals surface area contributed by atoms with E-state index in [0.29, 0.717) is 11.1 Å². The summed E-state index contributed by atoms with van der Waals surface area (Å²) >= 11 is 0. The Labute approximate surface area is 181 Å². The third kappa shape index (κ3) is 5.48. The van der Waals surface area contributed by atoms with Gasteiger partial charge in [-0.05, 0) is 52.0 Å². The summed E-state index contributed by atoms with van der Waals surface area (Å²) in [5.41, 5.74) is 4.33. The molecule has 1 unspecified atom stereocenters. The maximum absolute atomic E-state index is 14.8. The zero-order valence-electron chi connectivity index (χ0n) is 18.3. The van der Waals surface area contributed by atoms with Crippen molar-refractivity contribution in [1.82, 2.24) is 0 Å². The van der Waals surface area contributed by atoms with Crippen LogP contribution in [0.1, 0.15) is 43.0 Å². The van der Waals surface area contributed by atoms with E-state index < -0.39 is 36.6 Å². The third-order valence-electron chi connectivity index (χ3n) is 5.02. The number of methoxy groups -OCH3 is 1. The third-order valence-corrected chi connectivity index (χ3v) is 5.02. The minimum absolute atomic E-state index is 0.281. The van der Waals surface area contributed by atoms with Crippen LogP contribution in [0.4, 0.5) is 4.39 Å². The average Bonchev–Trinajstić information content (AvgIpc) is 2.99. The molecule has 0 amide bonds. The maximum Gasteiger partial charge on any atom is 0.338 e. The summed E-state index contributed by atoms with van der Waals surface area (Å²) in [5, 5.41) is 0. The second-order valence-corrected chi connectivity index (χ2v) is 7.94. The van der Waals surface area contributed by atoms with Gasteiger partial charge >= 0.3 is 11.9 Å². The second kappa shape index (κ2) is 9.58. The molecule has 31 heavy (non-hydrogen) atoms. The smallest absolute Gasteiger partial charge is 0.338 e. The van der Waals surface area contributed by atoms with Gasteiger partial charge in [-0.2, -0.15) is 0 Å². The van der Waals surface area contributed by atoms with E-state index in [4.69, 9.17) is 18.9 Å². The lowest BCUT2D eigenvalue weighted by Gasteiger charge is -2.20. The topological polar surface area (TPSA) is 71.1 Å². The van der Waals surface area contributed by atoms with E-state index in [1.165, 1.54) is 7.11 Å². The van der Waals surface area contributed by atoms with Crippen molar-refractivity contribution in [3.8, 4) is 0 Å². The first-order valence-corrected chi connectivity index (χ1v) is 10.0. The summed E-state index contributed by atoms with van der Waals surface area (Å²) in [6, 6.07) is 10.6. The predicted octanol–water partition coefficient (Wildman–Crippen LogP) is 4.01. The van der Waals surface area contributed by atoms with E-state index in [-0.39, 0.29) is 6.61 Å². The second-order valence-electron chi connectivity index (χ2n) is 7.94. The Morgan fingerprint density at radius 1 is 0.871 bits per heavy atom. The molecule has 0 N–H and O–H groups in total. The molecule has 1 saturated heterocycles. The molecule has 1 fully saturated rings. The fraction of sp³-hybridized carbons (Fsp3) is 0.417. The van der Waals surface area contributed by atoms with E-state index in [2.05, 4.69) is 0 Å². The summed E-state index contributed by atoms with van der Waals surface area (Å²) < 4.78 is 36.1. The first-order chi connectivity index (χ1) is 14.7. The predicted molar refractivity (Wildman–Crippen MR) is 112 cm³/mol. The van der Waals surface area contributed by atoms with E-state index in [9.17, 15) is 14.0 Å². The molecule has 1 heterocycles. The van der Waals surface area contributed by atoms with Crippen LogP contribution in [0.2, 0.25) is 0 Å². The molecule has 0 aliphatic carbocycles. The minimum Gasteiger partial charge on any atom is -0.459 e. The van der Waals surface area contributed by atoms with Crippen LogP contribution in [-0.4, -0.2) is 50.3 Å². The molecule has 2 aromatic carbocycles. The molecule has 0 spiro atoms. The molecule has 6 nitrogen and oxygen atoms in total. The van der Waals surface area contributed by atoms with Gasteiger partial charge in [0.15, 0.2) is 18.6 Å². The molecule has 0 radical (unpaired) electrons. The first-order valence-electron chi connectivity index (χ1n) is 10.0. The Bertz CT molecular complexity index is 932. The van der Waals surface area contributed by atoms with Crippen molar-refractivity contribution in [2.75, 3.05) is 13.7 Å². The Kier molecular flexibility index (Phi) is 7.08. The fourth-order valence-corrected chi connectivity index (χ4v) is 3.76. The van der Waals surface area contributed by atoms with Crippen LogP contribution in [0.25, 0.3) is 0 Å². The van der Waals surface area contributed by atoms with Gasteiger partial charge in [0.1, 0.15) is 12.7 Å². The Balaban J connectivity index is 1.71. The molecule has 4 atom stereocenters. The van der Waals surface area contributed by atoms with Crippen molar-refractivity contribution in [3.63, 3.8) is 0 Å². The summed E-state index contributed by atoms with van der Waals surface area (Å²) in [4.78, 5) is 25.1. The lowest BCUT2D eigenvalue weighted by molar-refractivity contribution is -0.142. The number of hydrogen-bond donors (Lipinski definition) is 0. The largest absolute Gasteiger partial charge is 0.459 e. The molecule has 2 aromatic rings. The minimum atomic E-state index is -1.72. The summed E-state index contributed by atoms with van der Waals surface area (Å²) in [7, 11) is 1.30. The average molecular weight is 430 g/mol. The van der Waals surface area contributed by atoms with Gasteiger partial charge in [0, 0.05) is 7.11 Å². The number of rotatable bonds is 6. The fourth-order valence-electron chi connectivity index (χ4n) is 3.76. The van der Waals surface area contributed by atoms with E-state index in [1.54, 1.807) is 24.3 Å². The summed E-state index contributed by atoms with van der Waals surface area (Å²) in [6.07, 6.45) is -5.21. The van der Waals surface area contributed by atoms with Gasteiger partial charge in [-0.25, -0.2) is 14.0 Å². The highest BCUT2D eigenvalue weighted by Gasteiger charge is 2.48. The molecule has 1 aliphatic heterocycles. The van der Waals surface area contributed by atoms with Gasteiger partial charge in [0.05, 0.1) is 11.1 Å². The normalized spacial score (nSPS) is 22.9. The molecule has 0 saturated carbocycles. The standard InChI is InChI=1S/C24H27FO6/c1-13-6-14(2)9-17(8-13)22(26)29-12-19-21(20(25)24(28-5)30-19)31-23(27)18-10-15(3)7-16(4)11-18/h6-11,19-21,24H,12H2,1-5H3/t19-,20+,21-,24?/m1/s1. The first kappa shape index (κ1) is 22.9. The van der Waals surface area contributed by atoms with E-state index >= 15 is 0 Å². The Morgan fingerprint density at radius 3 is 1.84 bits per heavy atom. The maximum atomic E-state index is 14.8. The van der Waals surface area contributed by atoms with Crippen LogP contribution >= 0.6 is 0 Å². The van der Waals surface area contributed by atoms with Gasteiger partial charge in [-0.1, -0.05) is 34.4 Å². The lowest BCUT2D eigenvalue weighted by atomic mass is 10.1. The van der Waals surface area contributed by atoms with Gasteiger partial charge in [-0.3, -0.25) is 0 Å². The van der Waals surface area contributed by atoms with Crippen LogP contribution < -0.4 is 0 Å². The number of aryl methyl sites for hydroxylation is 4. The zero-order chi connectivity index (χ0) is 22.7. The number of benzene rings is 2. The molecular weight excluding hydrogens is 403 g/mol. The van der Waals surface area contributed by atoms with Crippen LogP contribution in [0.5, 0.6) is 0 Å². The van der Waals surface area contributed by atoms with Gasteiger partial charge in [-0.15, -0.1) is 0 Å². The zero-order valence-corrected chi connectivity index (χ0v) is 18.3. The van der Waals surface area contributed by atoms with Crippen molar-refractivity contribution in [2.45, 2.75) is 52.4 Å². The molecule has 0 aromatic heterocycles. The van der Waals surface area contributed by atoms with Crippen LogP contribution in [0.3, 0.4) is 0 Å². The number of hydrogen-bond acceptors (Lipinski definition) is 6. The Hall–Kier alpha value is -2.77. The number of carbonyl (C=O) groups excluding carboxylic acids is 2. The Morgan fingerprint density at radius 2 is 1.35 bits per heavy atom. The van der Waals surface area contributed by atoms with Crippen molar-refractivity contribution < 1.29 is 32.9 Å². The molecule has 166 valence electrons. The van der Waals surface area contributed by atoms with Gasteiger partial charge in [0.2, 0.25) is 0 Å². The lowest BCUT2D eigenvalue weighted by Crippen LogP contribution is -2.37. The number of alkyl halides is 1. The number of esters is 2. The van der Waals surface area contributed by atoms with Crippen LogP contribution in [0, 0.1) is 27.7 Å². The highest BCUT2D eigenvalue weighted by Crippen LogP contribution is 2.29. The van der Waals surface area contributed by atoms with E-state index in [0.717, 1.165) is 22.3 Å². The molecule has 3 rings (SSSR count). The molecular formula is C24H27FO6. The summed E-state index contributed by atoms with van der Waals surface area (Å²) in [5.74, 6) is -1.24. The summed E-state index contributed by atoms with van der Waals surface area (Å²) in [6.45, 7) is 7.19. The van der Waals surface area contributed by atoms with Crippen LogP contribution in [-0.2, 0) is 18.9 Å².